The molecule has 0 aliphatic carbocycles. The molecule has 0 atom stereocenters. The van der Waals surface area contributed by atoms with E-state index in [-0.39, 0.29) is 5.91 Å². The van der Waals surface area contributed by atoms with Gasteiger partial charge in [-0.2, -0.15) is 0 Å². The topological polar surface area (TPSA) is 59.8 Å². The summed E-state index contributed by atoms with van der Waals surface area (Å²) in [6, 6.07) is 0. The molecule has 15 heavy (non-hydrogen) atoms. The number of carbonyl (C=O) groups excluding carboxylic acids is 1. The first-order valence-electron chi connectivity index (χ1n) is 4.90. The van der Waals surface area contributed by atoms with Gasteiger partial charge < -0.3 is 9.88 Å². The second-order valence-electron chi connectivity index (χ2n) is 3.17. The molecule has 84 valence electrons. The summed E-state index contributed by atoms with van der Waals surface area (Å²) >= 11 is 1.40. The van der Waals surface area contributed by atoms with Crippen LogP contribution in [0.4, 0.5) is 0 Å². The molecule has 1 amide bonds. The summed E-state index contributed by atoms with van der Waals surface area (Å²) in [7, 11) is 3.55. The Balaban J connectivity index is 2.58. The second kappa shape index (κ2) is 5.75. The molecule has 0 fully saturated rings. The van der Waals surface area contributed by atoms with Gasteiger partial charge in [-0.3, -0.25) is 4.79 Å². The minimum atomic E-state index is 0.0000384. The molecule has 6 heteroatoms. The lowest BCUT2D eigenvalue weighted by Crippen LogP contribution is -2.20. The summed E-state index contributed by atoms with van der Waals surface area (Å²) in [4.78, 5) is 11.0. The molecule has 5 nitrogen and oxygen atoms in total. The zero-order valence-electron chi connectivity index (χ0n) is 9.28. The van der Waals surface area contributed by atoms with Gasteiger partial charge in [0.1, 0.15) is 5.82 Å². The van der Waals surface area contributed by atoms with Crippen LogP contribution < -0.4 is 5.32 Å². The Labute approximate surface area is 93.6 Å². The molecule has 0 spiro atoms. The van der Waals surface area contributed by atoms with Gasteiger partial charge in [-0.15, -0.1) is 10.2 Å². The number of hydrogen-bond acceptors (Lipinski definition) is 4. The first-order chi connectivity index (χ1) is 7.19. The second-order valence-corrected chi connectivity index (χ2v) is 4.11. The first-order valence-corrected chi connectivity index (χ1v) is 5.89. The number of aryl methyl sites for hydroxylation is 1. The van der Waals surface area contributed by atoms with Crippen molar-refractivity contribution in [2.75, 3.05) is 12.8 Å². The van der Waals surface area contributed by atoms with Crippen LogP contribution in [0.15, 0.2) is 5.16 Å². The van der Waals surface area contributed by atoms with Crippen LogP contribution in [0, 0.1) is 0 Å². The summed E-state index contributed by atoms with van der Waals surface area (Å²) in [6.07, 6.45) is 1.97. The largest absolute Gasteiger partial charge is 0.358 e. The zero-order valence-corrected chi connectivity index (χ0v) is 10.1. The predicted molar refractivity (Wildman–Crippen MR) is 59.8 cm³/mol. The van der Waals surface area contributed by atoms with E-state index in [0.717, 1.165) is 23.8 Å². The Morgan fingerprint density at radius 3 is 2.87 bits per heavy atom. The van der Waals surface area contributed by atoms with Gasteiger partial charge in [0.25, 0.3) is 0 Å². The van der Waals surface area contributed by atoms with Crippen molar-refractivity contribution in [3.05, 3.63) is 5.82 Å². The average Bonchev–Trinajstić information content (AvgIpc) is 2.58. The molecule has 0 saturated heterocycles. The van der Waals surface area contributed by atoms with Crippen molar-refractivity contribution in [1.29, 1.82) is 0 Å². The fraction of sp³-hybridized carbons (Fsp3) is 0.667. The summed E-state index contributed by atoms with van der Waals surface area (Å²) in [5.74, 6) is 1.35. The molecular formula is C9H16N4OS. The molecule has 1 rings (SSSR count). The summed E-state index contributed by atoms with van der Waals surface area (Å²) in [5, 5.41) is 11.5. The maximum Gasteiger partial charge on any atom is 0.230 e. The molecule has 1 N–H and O–H groups in total. The Morgan fingerprint density at radius 2 is 2.27 bits per heavy atom. The van der Waals surface area contributed by atoms with Crippen LogP contribution in [0.2, 0.25) is 0 Å². The lowest BCUT2D eigenvalue weighted by atomic mass is 10.3. The van der Waals surface area contributed by atoms with Crippen LogP contribution in [0.3, 0.4) is 0 Å². The third-order valence-electron chi connectivity index (χ3n) is 2.01. The van der Waals surface area contributed by atoms with E-state index in [1.165, 1.54) is 11.8 Å². The van der Waals surface area contributed by atoms with E-state index in [4.69, 9.17) is 0 Å². The van der Waals surface area contributed by atoms with Gasteiger partial charge >= 0.3 is 0 Å². The molecule has 1 aromatic heterocycles. The van der Waals surface area contributed by atoms with E-state index in [9.17, 15) is 4.79 Å². The lowest BCUT2D eigenvalue weighted by molar-refractivity contribution is -0.118. The molecule has 1 heterocycles. The maximum absolute atomic E-state index is 11.0. The number of thioether (sulfide) groups is 1. The Bertz CT molecular complexity index is 337. The summed E-state index contributed by atoms with van der Waals surface area (Å²) < 4.78 is 1.94. The van der Waals surface area contributed by atoms with Gasteiger partial charge in [0.05, 0.1) is 5.75 Å². The Hall–Kier alpha value is -1.04. The van der Waals surface area contributed by atoms with Crippen molar-refractivity contribution in [2.45, 2.75) is 24.9 Å². The number of nitrogens with zero attached hydrogens (tertiary/aromatic N) is 3. The minimum absolute atomic E-state index is 0.0000384. The number of carbonyl (C=O) groups is 1. The van der Waals surface area contributed by atoms with Crippen molar-refractivity contribution in [1.82, 2.24) is 20.1 Å². The monoisotopic (exact) mass is 228 g/mol. The van der Waals surface area contributed by atoms with E-state index in [1.807, 2.05) is 11.6 Å². The third kappa shape index (κ3) is 3.23. The van der Waals surface area contributed by atoms with Gasteiger partial charge in [0.2, 0.25) is 5.91 Å². The molecule has 0 aromatic carbocycles. The van der Waals surface area contributed by atoms with Crippen molar-refractivity contribution in [3.63, 3.8) is 0 Å². The van der Waals surface area contributed by atoms with Crippen molar-refractivity contribution >= 4 is 17.7 Å². The standard InChI is InChI=1S/C9H16N4OS/c1-4-5-7-11-12-9(13(7)3)15-6-8(14)10-2/h4-6H2,1-3H3,(H,10,14). The smallest absolute Gasteiger partial charge is 0.230 e. The minimum Gasteiger partial charge on any atom is -0.358 e. The first kappa shape index (κ1) is 12.0. The molecule has 0 aliphatic heterocycles. The quantitative estimate of drug-likeness (QED) is 0.750. The maximum atomic E-state index is 11.0. The summed E-state index contributed by atoms with van der Waals surface area (Å²) in [6.45, 7) is 2.10. The zero-order chi connectivity index (χ0) is 11.3. The van der Waals surface area contributed by atoms with E-state index in [0.29, 0.717) is 5.75 Å². The highest BCUT2D eigenvalue weighted by Crippen LogP contribution is 2.15. The number of hydrogen-bond donors (Lipinski definition) is 1. The number of amides is 1. The van der Waals surface area contributed by atoms with Crippen LogP contribution >= 0.6 is 11.8 Å². The van der Waals surface area contributed by atoms with Crippen molar-refractivity contribution in [3.8, 4) is 0 Å². The molecule has 0 saturated carbocycles. The highest BCUT2D eigenvalue weighted by atomic mass is 32.2. The normalized spacial score (nSPS) is 10.3. The predicted octanol–water partition coefficient (Wildman–Crippen LogP) is 0.606. The molecule has 0 radical (unpaired) electrons. The van der Waals surface area contributed by atoms with Crippen LogP contribution in [-0.4, -0.2) is 33.5 Å². The van der Waals surface area contributed by atoms with Gasteiger partial charge in [0.15, 0.2) is 5.16 Å². The molecular weight excluding hydrogens is 212 g/mol. The molecule has 0 aliphatic rings. The Kier molecular flexibility index (Phi) is 4.61. The van der Waals surface area contributed by atoms with E-state index >= 15 is 0 Å². The van der Waals surface area contributed by atoms with Crippen LogP contribution in [0.1, 0.15) is 19.2 Å². The number of nitrogens with one attached hydrogen (secondary N) is 1. The highest BCUT2D eigenvalue weighted by molar-refractivity contribution is 7.99. The Morgan fingerprint density at radius 1 is 1.53 bits per heavy atom. The fourth-order valence-electron chi connectivity index (χ4n) is 1.11. The summed E-state index contributed by atoms with van der Waals surface area (Å²) in [5.41, 5.74) is 0. The van der Waals surface area contributed by atoms with Crippen LogP contribution in [0.5, 0.6) is 0 Å². The fourth-order valence-corrected chi connectivity index (χ4v) is 1.92. The molecule has 1 aromatic rings. The van der Waals surface area contributed by atoms with Gasteiger partial charge in [-0.25, -0.2) is 0 Å². The lowest BCUT2D eigenvalue weighted by Gasteiger charge is -2.01. The molecule has 0 unspecified atom stereocenters. The number of rotatable bonds is 5. The average molecular weight is 228 g/mol. The SMILES string of the molecule is CCCc1nnc(SCC(=O)NC)n1C. The number of aromatic nitrogens is 3. The van der Waals surface area contributed by atoms with E-state index in [1.54, 1.807) is 7.05 Å². The third-order valence-corrected chi connectivity index (χ3v) is 3.03. The van der Waals surface area contributed by atoms with Gasteiger partial charge in [-0.1, -0.05) is 18.7 Å². The van der Waals surface area contributed by atoms with E-state index in [2.05, 4.69) is 22.4 Å². The van der Waals surface area contributed by atoms with Gasteiger partial charge in [-0.05, 0) is 6.42 Å². The van der Waals surface area contributed by atoms with E-state index < -0.39 is 0 Å². The van der Waals surface area contributed by atoms with Crippen LogP contribution in [-0.2, 0) is 18.3 Å². The molecule has 0 bridgehead atoms. The van der Waals surface area contributed by atoms with Gasteiger partial charge in [0, 0.05) is 20.5 Å². The van der Waals surface area contributed by atoms with Crippen molar-refractivity contribution in [2.24, 2.45) is 7.05 Å². The highest BCUT2D eigenvalue weighted by Gasteiger charge is 2.09. The van der Waals surface area contributed by atoms with Crippen molar-refractivity contribution < 1.29 is 4.79 Å². The van der Waals surface area contributed by atoms with Crippen LogP contribution in [0.25, 0.3) is 0 Å².